The minimum Gasteiger partial charge on any atom is -0.409 e. The van der Waals surface area contributed by atoms with Gasteiger partial charge in [-0.15, -0.1) is 0 Å². The summed E-state index contributed by atoms with van der Waals surface area (Å²) in [6, 6.07) is 11.3. The molecule has 0 spiro atoms. The van der Waals surface area contributed by atoms with Crippen LogP contribution < -0.4 is 11.1 Å². The van der Waals surface area contributed by atoms with Crippen molar-refractivity contribution < 1.29 is 5.21 Å². The van der Waals surface area contributed by atoms with E-state index in [9.17, 15) is 0 Å². The standard InChI is InChI=1S/C16H25N3O/c1-16(2,15(17)19-20)9-6-10-18-14-11-13(14)12-7-4-3-5-8-12/h3-5,7-8,13-14,18,20H,6,9-11H2,1-2H3,(H2,17,19). The molecular weight excluding hydrogens is 250 g/mol. The lowest BCUT2D eigenvalue weighted by molar-refractivity contribution is 0.304. The van der Waals surface area contributed by atoms with Crippen LogP contribution in [0.5, 0.6) is 0 Å². The van der Waals surface area contributed by atoms with Crippen LogP contribution in [0.25, 0.3) is 0 Å². The average molecular weight is 275 g/mol. The first-order valence-electron chi connectivity index (χ1n) is 7.31. The van der Waals surface area contributed by atoms with Crippen molar-refractivity contribution in [3.05, 3.63) is 35.9 Å². The Morgan fingerprint density at radius 1 is 1.40 bits per heavy atom. The molecule has 2 rings (SSSR count). The van der Waals surface area contributed by atoms with E-state index < -0.39 is 0 Å². The van der Waals surface area contributed by atoms with Gasteiger partial charge in [0.15, 0.2) is 0 Å². The van der Waals surface area contributed by atoms with Crippen LogP contribution in [-0.4, -0.2) is 23.6 Å². The molecule has 0 saturated heterocycles. The summed E-state index contributed by atoms with van der Waals surface area (Å²) in [6.07, 6.45) is 3.17. The predicted octanol–water partition coefficient (Wildman–Crippen LogP) is 2.68. The number of hydrogen-bond acceptors (Lipinski definition) is 3. The molecular formula is C16H25N3O. The minimum atomic E-state index is -0.237. The predicted molar refractivity (Wildman–Crippen MR) is 82.0 cm³/mol. The monoisotopic (exact) mass is 275 g/mol. The molecule has 0 amide bonds. The fourth-order valence-corrected chi connectivity index (χ4v) is 2.57. The second kappa shape index (κ2) is 6.27. The maximum atomic E-state index is 8.73. The van der Waals surface area contributed by atoms with E-state index in [-0.39, 0.29) is 5.41 Å². The molecule has 1 aliphatic carbocycles. The van der Waals surface area contributed by atoms with E-state index in [0.29, 0.717) is 17.8 Å². The van der Waals surface area contributed by atoms with E-state index in [0.717, 1.165) is 19.4 Å². The van der Waals surface area contributed by atoms with Crippen molar-refractivity contribution in [1.82, 2.24) is 5.32 Å². The molecule has 0 aromatic heterocycles. The van der Waals surface area contributed by atoms with Gasteiger partial charge in [0.25, 0.3) is 0 Å². The van der Waals surface area contributed by atoms with Gasteiger partial charge in [0.2, 0.25) is 0 Å². The molecule has 1 aliphatic rings. The van der Waals surface area contributed by atoms with Crippen LogP contribution in [0.4, 0.5) is 0 Å². The average Bonchev–Trinajstić information content (AvgIpc) is 3.23. The second-order valence-electron chi connectivity index (χ2n) is 6.29. The summed E-state index contributed by atoms with van der Waals surface area (Å²) in [6.45, 7) is 4.99. The van der Waals surface area contributed by atoms with Crippen molar-refractivity contribution in [1.29, 1.82) is 0 Å². The zero-order valence-corrected chi connectivity index (χ0v) is 12.3. The van der Waals surface area contributed by atoms with Crippen molar-refractivity contribution in [2.45, 2.75) is 45.1 Å². The van der Waals surface area contributed by atoms with Gasteiger partial charge in [0.05, 0.1) is 0 Å². The van der Waals surface area contributed by atoms with E-state index in [4.69, 9.17) is 10.9 Å². The molecule has 0 heterocycles. The normalized spacial score (nSPS) is 22.8. The highest BCUT2D eigenvalue weighted by atomic mass is 16.4. The molecule has 0 aliphatic heterocycles. The summed E-state index contributed by atoms with van der Waals surface area (Å²) in [5.74, 6) is 0.986. The summed E-state index contributed by atoms with van der Waals surface area (Å²) in [5.41, 5.74) is 6.88. The van der Waals surface area contributed by atoms with Crippen LogP contribution in [0, 0.1) is 5.41 Å². The summed E-state index contributed by atoms with van der Waals surface area (Å²) in [4.78, 5) is 0. The van der Waals surface area contributed by atoms with E-state index >= 15 is 0 Å². The lowest BCUT2D eigenvalue weighted by Crippen LogP contribution is -2.33. The Morgan fingerprint density at radius 2 is 2.10 bits per heavy atom. The van der Waals surface area contributed by atoms with Gasteiger partial charge in [-0.2, -0.15) is 0 Å². The SMILES string of the molecule is CC(C)(CCCNC1CC1c1ccccc1)C(N)=NO. The summed E-state index contributed by atoms with van der Waals surface area (Å²) >= 11 is 0. The van der Waals surface area contributed by atoms with Gasteiger partial charge in [-0.25, -0.2) is 0 Å². The first kappa shape index (κ1) is 14.9. The lowest BCUT2D eigenvalue weighted by atomic mass is 9.86. The van der Waals surface area contributed by atoms with Crippen LogP contribution in [0.15, 0.2) is 35.5 Å². The minimum absolute atomic E-state index is 0.237. The molecule has 1 aromatic carbocycles. The highest BCUT2D eigenvalue weighted by molar-refractivity contribution is 5.85. The van der Waals surface area contributed by atoms with Gasteiger partial charge in [-0.3, -0.25) is 0 Å². The number of hydrogen-bond donors (Lipinski definition) is 3. The molecule has 4 heteroatoms. The van der Waals surface area contributed by atoms with Gasteiger partial charge >= 0.3 is 0 Å². The van der Waals surface area contributed by atoms with Crippen molar-refractivity contribution in [3.63, 3.8) is 0 Å². The van der Waals surface area contributed by atoms with Gasteiger partial charge in [-0.1, -0.05) is 49.3 Å². The summed E-state index contributed by atoms with van der Waals surface area (Å²) in [7, 11) is 0. The first-order valence-corrected chi connectivity index (χ1v) is 7.31. The Balaban J connectivity index is 1.66. The Labute approximate surface area is 121 Å². The van der Waals surface area contributed by atoms with Gasteiger partial charge in [-0.05, 0) is 31.4 Å². The van der Waals surface area contributed by atoms with Crippen LogP contribution in [-0.2, 0) is 0 Å². The topological polar surface area (TPSA) is 70.6 Å². The summed E-state index contributed by atoms with van der Waals surface area (Å²) < 4.78 is 0. The third-order valence-corrected chi connectivity index (χ3v) is 4.20. The highest BCUT2D eigenvalue weighted by Crippen LogP contribution is 2.40. The smallest absolute Gasteiger partial charge is 0.144 e. The number of oxime groups is 1. The van der Waals surface area contributed by atoms with Gasteiger partial charge in [0, 0.05) is 17.4 Å². The van der Waals surface area contributed by atoms with Gasteiger partial charge < -0.3 is 16.3 Å². The molecule has 1 fully saturated rings. The van der Waals surface area contributed by atoms with Crippen molar-refractivity contribution in [2.24, 2.45) is 16.3 Å². The van der Waals surface area contributed by atoms with Crippen LogP contribution in [0.2, 0.25) is 0 Å². The third kappa shape index (κ3) is 3.73. The molecule has 1 saturated carbocycles. The molecule has 4 N–H and O–H groups in total. The molecule has 0 bridgehead atoms. The fourth-order valence-electron chi connectivity index (χ4n) is 2.57. The lowest BCUT2D eigenvalue weighted by Gasteiger charge is -2.22. The molecule has 20 heavy (non-hydrogen) atoms. The quantitative estimate of drug-likeness (QED) is 0.235. The van der Waals surface area contributed by atoms with E-state index in [1.54, 1.807) is 0 Å². The number of nitrogens with zero attached hydrogens (tertiary/aromatic N) is 1. The maximum absolute atomic E-state index is 8.73. The Bertz CT molecular complexity index is 456. The zero-order chi connectivity index (χ0) is 14.6. The van der Waals surface area contributed by atoms with Crippen LogP contribution in [0.3, 0.4) is 0 Å². The van der Waals surface area contributed by atoms with Crippen molar-refractivity contribution >= 4 is 5.84 Å². The van der Waals surface area contributed by atoms with Crippen LogP contribution >= 0.6 is 0 Å². The molecule has 2 atom stereocenters. The van der Waals surface area contributed by atoms with Gasteiger partial charge in [0.1, 0.15) is 5.84 Å². The number of nitrogens with one attached hydrogen (secondary N) is 1. The summed E-state index contributed by atoms with van der Waals surface area (Å²) in [5, 5.41) is 15.4. The molecule has 2 unspecified atom stereocenters. The fraction of sp³-hybridized carbons (Fsp3) is 0.562. The molecule has 4 nitrogen and oxygen atoms in total. The number of amidine groups is 1. The molecule has 110 valence electrons. The number of benzene rings is 1. The van der Waals surface area contributed by atoms with E-state index in [1.807, 2.05) is 13.8 Å². The second-order valence-corrected chi connectivity index (χ2v) is 6.29. The third-order valence-electron chi connectivity index (χ3n) is 4.20. The highest BCUT2D eigenvalue weighted by Gasteiger charge is 2.37. The Hall–Kier alpha value is -1.55. The first-order chi connectivity index (χ1) is 9.54. The number of rotatable bonds is 7. The largest absolute Gasteiger partial charge is 0.409 e. The Kier molecular flexibility index (Phi) is 4.65. The molecule has 1 aromatic rings. The van der Waals surface area contributed by atoms with Crippen molar-refractivity contribution in [2.75, 3.05) is 6.54 Å². The van der Waals surface area contributed by atoms with E-state index in [2.05, 4.69) is 40.8 Å². The van der Waals surface area contributed by atoms with E-state index in [1.165, 1.54) is 12.0 Å². The molecule has 0 radical (unpaired) electrons. The zero-order valence-electron chi connectivity index (χ0n) is 12.3. The Morgan fingerprint density at radius 3 is 2.75 bits per heavy atom. The van der Waals surface area contributed by atoms with Crippen LogP contribution in [0.1, 0.15) is 44.6 Å². The van der Waals surface area contributed by atoms with Crippen molar-refractivity contribution in [3.8, 4) is 0 Å². The number of nitrogens with two attached hydrogens (primary N) is 1. The maximum Gasteiger partial charge on any atom is 0.144 e.